The number of amides is 1. The van der Waals surface area contributed by atoms with E-state index in [2.05, 4.69) is 9.97 Å². The molecule has 1 amide bonds. The number of hydrogen-bond acceptors (Lipinski definition) is 5. The summed E-state index contributed by atoms with van der Waals surface area (Å²) in [6, 6.07) is 10.9. The maximum absolute atomic E-state index is 14.2. The Labute approximate surface area is 173 Å². The molecule has 0 N–H and O–H groups in total. The average Bonchev–Trinajstić information content (AvgIpc) is 3.13. The van der Waals surface area contributed by atoms with E-state index in [4.69, 9.17) is 11.6 Å². The van der Waals surface area contributed by atoms with Crippen LogP contribution in [-0.2, 0) is 11.3 Å². The van der Waals surface area contributed by atoms with E-state index in [1.807, 2.05) is 0 Å². The highest BCUT2D eigenvalue weighted by Crippen LogP contribution is 2.30. The molecule has 0 bridgehead atoms. The molecule has 2 aromatic heterocycles. The lowest BCUT2D eigenvalue weighted by Crippen LogP contribution is -2.24. The summed E-state index contributed by atoms with van der Waals surface area (Å²) in [7, 11) is 0. The third-order valence-corrected chi connectivity index (χ3v) is 5.37. The first-order valence-electron chi connectivity index (χ1n) is 8.58. The van der Waals surface area contributed by atoms with Gasteiger partial charge in [-0.1, -0.05) is 23.7 Å². The monoisotopic (exact) mass is 428 g/mol. The molecule has 9 heteroatoms. The molecule has 4 rings (SSSR count). The zero-order valence-electron chi connectivity index (χ0n) is 15.2. The number of halogens is 2. The Kier molecular flexibility index (Phi) is 5.12. The summed E-state index contributed by atoms with van der Waals surface area (Å²) in [5.74, 6) is -0.884. The number of hydrogen-bond donors (Lipinski definition) is 0. The normalized spacial score (nSPS) is 11.0. The number of nitrogens with zero attached hydrogens (tertiary/aromatic N) is 4. The maximum Gasteiger partial charge on any atom is 0.261 e. The minimum atomic E-state index is -0.520. The number of carbonyl (C=O) groups is 1. The van der Waals surface area contributed by atoms with Crippen molar-refractivity contribution in [2.24, 2.45) is 0 Å². The average molecular weight is 429 g/mol. The minimum Gasteiger partial charge on any atom is -0.293 e. The van der Waals surface area contributed by atoms with E-state index >= 15 is 0 Å². The number of benzene rings is 2. The van der Waals surface area contributed by atoms with Crippen LogP contribution in [0.1, 0.15) is 12.6 Å². The third kappa shape index (κ3) is 3.76. The number of para-hydroxylation sites is 1. The number of anilines is 2. The van der Waals surface area contributed by atoms with E-state index in [1.54, 1.807) is 35.7 Å². The van der Waals surface area contributed by atoms with E-state index < -0.39 is 5.82 Å². The zero-order chi connectivity index (χ0) is 20.5. The van der Waals surface area contributed by atoms with Crippen molar-refractivity contribution in [2.45, 2.75) is 13.5 Å². The molecule has 146 valence electrons. The second-order valence-corrected chi connectivity index (χ2v) is 7.54. The van der Waals surface area contributed by atoms with Crippen molar-refractivity contribution in [3.63, 3.8) is 0 Å². The van der Waals surface area contributed by atoms with Gasteiger partial charge in [-0.3, -0.25) is 19.1 Å². The van der Waals surface area contributed by atoms with Crippen LogP contribution >= 0.6 is 22.9 Å². The summed E-state index contributed by atoms with van der Waals surface area (Å²) in [4.78, 5) is 34.8. The molecule has 4 aromatic rings. The van der Waals surface area contributed by atoms with E-state index in [0.29, 0.717) is 26.8 Å². The summed E-state index contributed by atoms with van der Waals surface area (Å²) < 4.78 is 15.6. The van der Waals surface area contributed by atoms with E-state index in [0.717, 1.165) is 0 Å². The number of fused-ring (bicyclic) bond motifs is 1. The highest BCUT2D eigenvalue weighted by atomic mass is 35.5. The van der Waals surface area contributed by atoms with Crippen LogP contribution in [0.4, 0.5) is 15.2 Å². The van der Waals surface area contributed by atoms with Crippen LogP contribution in [0.15, 0.2) is 59.0 Å². The molecular formula is C20H14ClFN4O2S. The molecule has 0 aliphatic heterocycles. The zero-order valence-corrected chi connectivity index (χ0v) is 16.7. The molecule has 0 saturated carbocycles. The predicted molar refractivity (Wildman–Crippen MR) is 111 cm³/mol. The van der Waals surface area contributed by atoms with Gasteiger partial charge >= 0.3 is 0 Å². The van der Waals surface area contributed by atoms with E-state index in [9.17, 15) is 14.0 Å². The summed E-state index contributed by atoms with van der Waals surface area (Å²) in [6.07, 6.45) is 1.43. The van der Waals surface area contributed by atoms with Gasteiger partial charge < -0.3 is 0 Å². The first-order chi connectivity index (χ1) is 13.9. The molecule has 0 saturated heterocycles. The van der Waals surface area contributed by atoms with Gasteiger partial charge in [-0.2, -0.15) is 0 Å². The van der Waals surface area contributed by atoms with Crippen LogP contribution in [0.25, 0.3) is 10.9 Å². The Morgan fingerprint density at radius 1 is 1.28 bits per heavy atom. The van der Waals surface area contributed by atoms with Gasteiger partial charge in [0, 0.05) is 17.3 Å². The van der Waals surface area contributed by atoms with Crippen LogP contribution < -0.4 is 10.5 Å². The Bertz CT molecular complexity index is 1290. The van der Waals surface area contributed by atoms with Crippen LogP contribution in [0, 0.1) is 5.82 Å². The topological polar surface area (TPSA) is 68.1 Å². The SMILES string of the molecule is CC(=O)N(c1nc(Cn2cnc3cc(Cl)ccc3c2=O)cs1)c1ccccc1F. The lowest BCUT2D eigenvalue weighted by Gasteiger charge is -2.18. The molecule has 0 radical (unpaired) electrons. The highest BCUT2D eigenvalue weighted by molar-refractivity contribution is 7.14. The fourth-order valence-corrected chi connectivity index (χ4v) is 3.97. The fraction of sp³-hybridized carbons (Fsp3) is 0.100. The lowest BCUT2D eigenvalue weighted by atomic mass is 10.2. The first-order valence-corrected chi connectivity index (χ1v) is 9.84. The first kappa shape index (κ1) is 19.2. The van der Waals surface area contributed by atoms with Crippen molar-refractivity contribution in [1.82, 2.24) is 14.5 Å². The van der Waals surface area contributed by atoms with Gasteiger partial charge in [-0.15, -0.1) is 11.3 Å². The minimum absolute atomic E-state index is 0.127. The Morgan fingerprint density at radius 3 is 2.83 bits per heavy atom. The van der Waals surface area contributed by atoms with Crippen molar-refractivity contribution in [3.8, 4) is 0 Å². The molecule has 0 atom stereocenters. The van der Waals surface area contributed by atoms with Crippen LogP contribution in [0.5, 0.6) is 0 Å². The fourth-order valence-electron chi connectivity index (χ4n) is 2.93. The summed E-state index contributed by atoms with van der Waals surface area (Å²) >= 11 is 7.14. The van der Waals surface area contributed by atoms with Gasteiger partial charge in [-0.25, -0.2) is 14.4 Å². The second kappa shape index (κ2) is 7.73. The van der Waals surface area contributed by atoms with Gasteiger partial charge in [0.1, 0.15) is 5.82 Å². The van der Waals surface area contributed by atoms with Crippen molar-refractivity contribution < 1.29 is 9.18 Å². The highest BCUT2D eigenvalue weighted by Gasteiger charge is 2.21. The number of rotatable bonds is 4. The molecule has 29 heavy (non-hydrogen) atoms. The van der Waals surface area contributed by atoms with E-state index in [-0.39, 0.29) is 23.7 Å². The van der Waals surface area contributed by atoms with Crippen molar-refractivity contribution in [1.29, 1.82) is 0 Å². The predicted octanol–water partition coefficient (Wildman–Crippen LogP) is 4.38. The Hall–Kier alpha value is -3.10. The van der Waals surface area contributed by atoms with E-state index in [1.165, 1.54) is 46.2 Å². The summed E-state index contributed by atoms with van der Waals surface area (Å²) in [5, 5.41) is 3.00. The van der Waals surface area contributed by atoms with Gasteiger partial charge in [0.05, 0.1) is 35.2 Å². The molecule has 0 fully saturated rings. The quantitative estimate of drug-likeness (QED) is 0.483. The molecule has 0 spiro atoms. The standard InChI is InChI=1S/C20H14ClFN4O2S/c1-12(27)26(18-5-3-2-4-16(18)22)20-24-14(10-29-20)9-25-11-23-17-8-13(21)6-7-15(17)19(25)28/h2-8,10-11H,9H2,1H3. The lowest BCUT2D eigenvalue weighted by molar-refractivity contribution is -0.115. The summed E-state index contributed by atoms with van der Waals surface area (Å²) in [5.41, 5.74) is 0.978. The van der Waals surface area contributed by atoms with Crippen LogP contribution in [0.3, 0.4) is 0 Å². The molecule has 0 aliphatic rings. The maximum atomic E-state index is 14.2. The van der Waals surface area contributed by atoms with Gasteiger partial charge in [0.2, 0.25) is 5.91 Å². The van der Waals surface area contributed by atoms with Gasteiger partial charge in [-0.05, 0) is 30.3 Å². The number of aromatic nitrogens is 3. The number of carbonyl (C=O) groups excluding carboxylic acids is 1. The van der Waals surface area contributed by atoms with Crippen molar-refractivity contribution in [2.75, 3.05) is 4.90 Å². The third-order valence-electron chi connectivity index (χ3n) is 4.26. The Balaban J connectivity index is 1.67. The van der Waals surface area contributed by atoms with Crippen LogP contribution in [0.2, 0.25) is 5.02 Å². The molecule has 0 aliphatic carbocycles. The van der Waals surface area contributed by atoms with Crippen molar-refractivity contribution in [3.05, 3.63) is 81.1 Å². The number of thiazole rings is 1. The van der Waals surface area contributed by atoms with Crippen molar-refractivity contribution >= 4 is 50.6 Å². The Morgan fingerprint density at radius 2 is 2.07 bits per heavy atom. The van der Waals surface area contributed by atoms with Gasteiger partial charge in [0.25, 0.3) is 5.56 Å². The van der Waals surface area contributed by atoms with Crippen LogP contribution in [-0.4, -0.2) is 20.4 Å². The largest absolute Gasteiger partial charge is 0.293 e. The molecule has 6 nitrogen and oxygen atoms in total. The van der Waals surface area contributed by atoms with Gasteiger partial charge in [0.15, 0.2) is 5.13 Å². The smallest absolute Gasteiger partial charge is 0.261 e. The summed E-state index contributed by atoms with van der Waals surface area (Å²) in [6.45, 7) is 1.51. The molecule has 0 unspecified atom stereocenters. The molecule has 2 aromatic carbocycles. The second-order valence-electron chi connectivity index (χ2n) is 6.27. The molecule has 2 heterocycles. The molecular weight excluding hydrogens is 415 g/mol.